The lowest BCUT2D eigenvalue weighted by Crippen LogP contribution is -2.20. The van der Waals surface area contributed by atoms with Crippen molar-refractivity contribution in [3.05, 3.63) is 81.7 Å². The number of aromatic amines is 1. The Labute approximate surface area is 165 Å². The van der Waals surface area contributed by atoms with E-state index in [4.69, 9.17) is 0 Å². The van der Waals surface area contributed by atoms with Crippen LogP contribution in [0.15, 0.2) is 70.4 Å². The highest BCUT2D eigenvalue weighted by Gasteiger charge is 2.16. The fraction of sp³-hybridized carbons (Fsp3) is 0.0909. The van der Waals surface area contributed by atoms with E-state index in [2.05, 4.69) is 35.1 Å². The van der Waals surface area contributed by atoms with Gasteiger partial charge in [0, 0.05) is 23.6 Å². The highest BCUT2D eigenvalue weighted by molar-refractivity contribution is 7.08. The lowest BCUT2D eigenvalue weighted by Gasteiger charge is -2.06. The first-order valence-corrected chi connectivity index (χ1v) is 9.92. The normalized spacial score (nSPS) is 11.4. The van der Waals surface area contributed by atoms with Crippen LogP contribution in [0, 0.1) is 6.92 Å². The Kier molecular flexibility index (Phi) is 3.80. The Balaban J connectivity index is 1.70. The van der Waals surface area contributed by atoms with E-state index in [1.807, 2.05) is 48.1 Å². The number of fused-ring (bicyclic) bond motifs is 1. The van der Waals surface area contributed by atoms with Crippen LogP contribution in [0.25, 0.3) is 39.2 Å². The van der Waals surface area contributed by atoms with Gasteiger partial charge in [-0.15, -0.1) is 0 Å². The smallest absolute Gasteiger partial charge is 0.333 e. The number of imidazole rings is 2. The molecule has 1 N–H and O–H groups in total. The van der Waals surface area contributed by atoms with Crippen LogP contribution in [0.5, 0.6) is 0 Å². The second-order valence-corrected chi connectivity index (χ2v) is 7.64. The molecule has 5 nitrogen and oxygen atoms in total. The second kappa shape index (κ2) is 6.35. The molecule has 2 aromatic carbocycles. The summed E-state index contributed by atoms with van der Waals surface area (Å²) in [4.78, 5) is 20.6. The minimum Gasteiger partial charge on any atom is -0.344 e. The molecule has 0 bridgehead atoms. The van der Waals surface area contributed by atoms with Gasteiger partial charge < -0.3 is 4.98 Å². The first kappa shape index (κ1) is 16.8. The summed E-state index contributed by atoms with van der Waals surface area (Å²) in [7, 11) is 1.81. The number of nitrogens with zero attached hydrogens (tertiary/aromatic N) is 3. The summed E-state index contributed by atoms with van der Waals surface area (Å²) in [6, 6.07) is 16.4. The molecule has 0 amide bonds. The van der Waals surface area contributed by atoms with Crippen molar-refractivity contribution in [1.29, 1.82) is 0 Å². The highest BCUT2D eigenvalue weighted by atomic mass is 32.1. The van der Waals surface area contributed by atoms with E-state index in [0.29, 0.717) is 0 Å². The van der Waals surface area contributed by atoms with E-state index in [1.54, 1.807) is 26.8 Å². The molecule has 5 rings (SSSR count). The van der Waals surface area contributed by atoms with Crippen LogP contribution >= 0.6 is 11.3 Å². The van der Waals surface area contributed by atoms with Gasteiger partial charge in [-0.05, 0) is 36.6 Å². The Morgan fingerprint density at radius 3 is 2.71 bits per heavy atom. The van der Waals surface area contributed by atoms with Crippen LogP contribution in [0.2, 0.25) is 0 Å². The van der Waals surface area contributed by atoms with Gasteiger partial charge in [-0.25, -0.2) is 9.78 Å². The van der Waals surface area contributed by atoms with Gasteiger partial charge in [0.15, 0.2) is 0 Å². The van der Waals surface area contributed by atoms with Crippen molar-refractivity contribution in [1.82, 2.24) is 19.1 Å². The van der Waals surface area contributed by atoms with Crippen LogP contribution in [-0.2, 0) is 7.05 Å². The summed E-state index contributed by atoms with van der Waals surface area (Å²) in [6.45, 7) is 2.07. The van der Waals surface area contributed by atoms with E-state index in [-0.39, 0.29) is 5.69 Å². The number of nitrogens with one attached hydrogen (secondary N) is 1. The molecule has 0 fully saturated rings. The third kappa shape index (κ3) is 2.53. The Morgan fingerprint density at radius 1 is 1.04 bits per heavy atom. The van der Waals surface area contributed by atoms with Crippen molar-refractivity contribution in [2.24, 2.45) is 7.05 Å². The summed E-state index contributed by atoms with van der Waals surface area (Å²) >= 11 is 1.58. The van der Waals surface area contributed by atoms with Gasteiger partial charge in [0.05, 0.1) is 34.4 Å². The van der Waals surface area contributed by atoms with Crippen LogP contribution in [-0.4, -0.2) is 19.1 Å². The Morgan fingerprint density at radius 2 is 1.93 bits per heavy atom. The number of benzene rings is 2. The number of hydrogen-bond acceptors (Lipinski definition) is 3. The van der Waals surface area contributed by atoms with Crippen molar-refractivity contribution in [3.8, 4) is 28.2 Å². The van der Waals surface area contributed by atoms with Gasteiger partial charge in [-0.3, -0.25) is 9.13 Å². The molecule has 3 heterocycles. The third-order valence-corrected chi connectivity index (χ3v) is 5.71. The van der Waals surface area contributed by atoms with E-state index >= 15 is 0 Å². The standard InChI is InChI=1S/C22H18N4OS/c1-14-4-3-5-15(10-14)20-21(24-13-23-20)16-6-7-18-19(11-16)25(2)22(27)26(18)17-8-9-28-12-17/h3-13H,1-2H3,(H,23,24). The summed E-state index contributed by atoms with van der Waals surface area (Å²) in [6.07, 6.45) is 1.72. The van der Waals surface area contributed by atoms with Crippen LogP contribution in [0.4, 0.5) is 0 Å². The zero-order valence-corrected chi connectivity index (χ0v) is 16.3. The van der Waals surface area contributed by atoms with Crippen molar-refractivity contribution in [2.45, 2.75) is 6.92 Å². The van der Waals surface area contributed by atoms with E-state index < -0.39 is 0 Å². The largest absolute Gasteiger partial charge is 0.344 e. The van der Waals surface area contributed by atoms with Gasteiger partial charge in [-0.1, -0.05) is 29.8 Å². The fourth-order valence-corrected chi connectivity index (χ4v) is 4.27. The van der Waals surface area contributed by atoms with Gasteiger partial charge >= 0.3 is 5.69 Å². The maximum absolute atomic E-state index is 12.8. The number of aromatic nitrogens is 4. The molecule has 28 heavy (non-hydrogen) atoms. The second-order valence-electron chi connectivity index (χ2n) is 6.86. The molecule has 0 spiro atoms. The summed E-state index contributed by atoms with van der Waals surface area (Å²) in [5.74, 6) is 0. The maximum atomic E-state index is 12.8. The number of aryl methyl sites for hydroxylation is 2. The molecular formula is C22H18N4OS. The van der Waals surface area contributed by atoms with Gasteiger partial charge in [0.2, 0.25) is 0 Å². The fourth-order valence-electron chi connectivity index (χ4n) is 3.65. The minimum atomic E-state index is -0.0472. The van der Waals surface area contributed by atoms with Crippen molar-refractivity contribution >= 4 is 22.4 Å². The van der Waals surface area contributed by atoms with Crippen LogP contribution < -0.4 is 5.69 Å². The topological polar surface area (TPSA) is 55.6 Å². The number of H-pyrrole nitrogens is 1. The van der Waals surface area contributed by atoms with E-state index in [1.165, 1.54) is 5.56 Å². The molecular weight excluding hydrogens is 368 g/mol. The summed E-state index contributed by atoms with van der Waals surface area (Å²) in [5.41, 5.74) is 7.75. The highest BCUT2D eigenvalue weighted by Crippen LogP contribution is 2.31. The number of rotatable bonds is 3. The molecule has 5 aromatic rings. The molecule has 0 aliphatic heterocycles. The third-order valence-electron chi connectivity index (χ3n) is 5.04. The Hall–Kier alpha value is -3.38. The molecule has 6 heteroatoms. The van der Waals surface area contributed by atoms with E-state index in [0.717, 1.165) is 39.2 Å². The molecule has 0 saturated heterocycles. The lowest BCUT2D eigenvalue weighted by molar-refractivity contribution is 0.848. The lowest BCUT2D eigenvalue weighted by atomic mass is 10.0. The zero-order valence-electron chi connectivity index (χ0n) is 15.5. The average molecular weight is 386 g/mol. The van der Waals surface area contributed by atoms with Gasteiger partial charge in [-0.2, -0.15) is 11.3 Å². The first-order valence-electron chi connectivity index (χ1n) is 8.98. The molecule has 0 saturated carbocycles. The number of hydrogen-bond donors (Lipinski definition) is 1. The minimum absolute atomic E-state index is 0.0472. The molecule has 3 aromatic heterocycles. The molecule has 0 unspecified atom stereocenters. The molecule has 0 aliphatic rings. The average Bonchev–Trinajstić information content (AvgIpc) is 3.43. The quantitative estimate of drug-likeness (QED) is 0.486. The first-order chi connectivity index (χ1) is 13.6. The van der Waals surface area contributed by atoms with Crippen LogP contribution in [0.3, 0.4) is 0 Å². The van der Waals surface area contributed by atoms with Crippen molar-refractivity contribution in [2.75, 3.05) is 0 Å². The molecule has 138 valence electrons. The monoisotopic (exact) mass is 386 g/mol. The molecule has 0 radical (unpaired) electrons. The summed E-state index contributed by atoms with van der Waals surface area (Å²) in [5, 5.41) is 3.97. The zero-order chi connectivity index (χ0) is 19.3. The van der Waals surface area contributed by atoms with E-state index in [9.17, 15) is 4.79 Å². The maximum Gasteiger partial charge on any atom is 0.333 e. The Bertz CT molecular complexity index is 1360. The van der Waals surface area contributed by atoms with Gasteiger partial charge in [0.25, 0.3) is 0 Å². The van der Waals surface area contributed by atoms with Crippen molar-refractivity contribution < 1.29 is 0 Å². The van der Waals surface area contributed by atoms with Gasteiger partial charge in [0.1, 0.15) is 0 Å². The molecule has 0 atom stereocenters. The predicted molar refractivity (Wildman–Crippen MR) is 114 cm³/mol. The predicted octanol–water partition coefficient (Wildman–Crippen LogP) is 4.76. The summed E-state index contributed by atoms with van der Waals surface area (Å²) < 4.78 is 3.45. The molecule has 0 aliphatic carbocycles. The SMILES string of the molecule is Cc1cccc(-c2nc[nH]c2-c2ccc3c(c2)n(C)c(=O)n3-c2ccsc2)c1. The van der Waals surface area contributed by atoms with Crippen molar-refractivity contribution in [3.63, 3.8) is 0 Å². The number of thiophene rings is 1. The van der Waals surface area contributed by atoms with Crippen LogP contribution in [0.1, 0.15) is 5.56 Å².